The number of aryl methyl sites for hydroxylation is 1. The van der Waals surface area contributed by atoms with Crippen LogP contribution in [0.25, 0.3) is 10.8 Å². The Labute approximate surface area is 180 Å². The van der Waals surface area contributed by atoms with Gasteiger partial charge in [0.2, 0.25) is 5.91 Å². The van der Waals surface area contributed by atoms with E-state index in [9.17, 15) is 14.7 Å². The number of hydrogen-bond acceptors (Lipinski definition) is 3. The monoisotopic (exact) mass is 415 g/mol. The van der Waals surface area contributed by atoms with Gasteiger partial charge in [0, 0.05) is 0 Å². The maximum Gasteiger partial charge on any atom is 0.307 e. The van der Waals surface area contributed by atoms with Crippen molar-refractivity contribution in [2.45, 2.75) is 26.8 Å². The number of anilines is 1. The number of nitrogens with one attached hydrogen (secondary N) is 1. The van der Waals surface area contributed by atoms with E-state index in [1.807, 2.05) is 48.9 Å². The van der Waals surface area contributed by atoms with E-state index in [1.165, 1.54) is 10.8 Å². The summed E-state index contributed by atoms with van der Waals surface area (Å²) in [6.07, 6.45) is 4.69. The van der Waals surface area contributed by atoms with Gasteiger partial charge in [0.25, 0.3) is 0 Å². The predicted octanol–water partition coefficient (Wildman–Crippen LogP) is 4.16. The molecule has 1 amide bonds. The van der Waals surface area contributed by atoms with Gasteiger partial charge >= 0.3 is 5.97 Å². The van der Waals surface area contributed by atoms with Crippen LogP contribution < -0.4 is 5.32 Å². The number of amides is 1. The molecule has 2 aromatic carbocycles. The Bertz CT molecular complexity index is 1220. The Hall–Kier alpha value is -3.41. The summed E-state index contributed by atoms with van der Waals surface area (Å²) in [5.41, 5.74) is 3.44. The zero-order chi connectivity index (χ0) is 21.7. The molecule has 2 aliphatic rings. The van der Waals surface area contributed by atoms with E-state index < -0.39 is 17.8 Å². The molecule has 6 nitrogen and oxygen atoms in total. The molecule has 2 N–H and O–H groups in total. The van der Waals surface area contributed by atoms with Crippen molar-refractivity contribution < 1.29 is 14.7 Å². The quantitative estimate of drug-likeness (QED) is 0.613. The van der Waals surface area contributed by atoms with Gasteiger partial charge in [-0.1, -0.05) is 54.6 Å². The zero-order valence-corrected chi connectivity index (χ0v) is 17.6. The summed E-state index contributed by atoms with van der Waals surface area (Å²) in [5.74, 6) is -2.35. The van der Waals surface area contributed by atoms with Crippen LogP contribution in [0.5, 0.6) is 0 Å². The minimum atomic E-state index is -0.892. The number of carbonyl (C=O) groups excluding carboxylic acids is 1. The van der Waals surface area contributed by atoms with Crippen molar-refractivity contribution in [3.05, 3.63) is 71.6 Å². The highest BCUT2D eigenvalue weighted by molar-refractivity contribution is 5.97. The highest BCUT2D eigenvalue weighted by Crippen LogP contribution is 2.48. The van der Waals surface area contributed by atoms with Crippen molar-refractivity contribution in [2.24, 2.45) is 23.7 Å². The van der Waals surface area contributed by atoms with Gasteiger partial charge in [0.05, 0.1) is 35.5 Å². The number of benzene rings is 2. The van der Waals surface area contributed by atoms with Crippen molar-refractivity contribution in [1.29, 1.82) is 0 Å². The number of carboxylic acid groups (broad SMARTS) is 1. The summed E-state index contributed by atoms with van der Waals surface area (Å²) in [5, 5.41) is 19.7. The van der Waals surface area contributed by atoms with E-state index in [2.05, 4.69) is 34.7 Å². The molecule has 4 atom stereocenters. The van der Waals surface area contributed by atoms with Crippen molar-refractivity contribution in [3.63, 3.8) is 0 Å². The Morgan fingerprint density at radius 3 is 2.55 bits per heavy atom. The van der Waals surface area contributed by atoms with E-state index in [1.54, 1.807) is 0 Å². The van der Waals surface area contributed by atoms with Crippen LogP contribution in [-0.4, -0.2) is 26.8 Å². The maximum absolute atomic E-state index is 13.1. The lowest BCUT2D eigenvalue weighted by atomic mass is 9.82. The first-order valence-corrected chi connectivity index (χ1v) is 10.7. The number of fused-ring (bicyclic) bond motifs is 3. The molecule has 0 radical (unpaired) electrons. The molecule has 5 rings (SSSR count). The second-order valence-electron chi connectivity index (χ2n) is 8.67. The minimum absolute atomic E-state index is 0.00237. The van der Waals surface area contributed by atoms with Gasteiger partial charge in [-0.3, -0.25) is 14.3 Å². The Kier molecular flexibility index (Phi) is 4.65. The fourth-order valence-electron chi connectivity index (χ4n) is 5.35. The number of rotatable bonds is 5. The number of allylic oxidation sites excluding steroid dienone is 2. The number of carbonyl (C=O) groups is 2. The third-order valence-corrected chi connectivity index (χ3v) is 6.88. The summed E-state index contributed by atoms with van der Waals surface area (Å²) in [6.45, 7) is 4.41. The molecule has 1 fully saturated rings. The summed E-state index contributed by atoms with van der Waals surface area (Å²) < 4.78 is 1.90. The van der Waals surface area contributed by atoms with E-state index >= 15 is 0 Å². The molecular formula is C25H25N3O3. The number of aliphatic carboxylic acids is 1. The van der Waals surface area contributed by atoms with Crippen LogP contribution in [-0.2, 0) is 16.1 Å². The summed E-state index contributed by atoms with van der Waals surface area (Å²) in [6, 6.07) is 14.5. The minimum Gasteiger partial charge on any atom is -0.481 e. The second-order valence-corrected chi connectivity index (χ2v) is 8.67. The Morgan fingerprint density at radius 2 is 1.77 bits per heavy atom. The molecule has 31 heavy (non-hydrogen) atoms. The fraction of sp³-hybridized carbons (Fsp3) is 0.320. The molecule has 0 saturated heterocycles. The maximum atomic E-state index is 13.1. The molecule has 3 aromatic rings. The summed E-state index contributed by atoms with van der Waals surface area (Å²) in [7, 11) is 0. The Balaban J connectivity index is 1.41. The molecule has 158 valence electrons. The SMILES string of the molecule is Cc1nn(Cc2cccc3ccccc23)c(C)c1NC(=O)[C@H]1[C@H](C(=O)O)[C@H]2C=C[C@H]1C2. The highest BCUT2D eigenvalue weighted by Gasteiger charge is 2.51. The number of hydrogen-bond donors (Lipinski definition) is 2. The smallest absolute Gasteiger partial charge is 0.307 e. The lowest BCUT2D eigenvalue weighted by Crippen LogP contribution is -2.36. The Morgan fingerprint density at radius 1 is 1.06 bits per heavy atom. The topological polar surface area (TPSA) is 84.2 Å². The first-order chi connectivity index (χ1) is 14.9. The molecule has 0 spiro atoms. The van der Waals surface area contributed by atoms with Crippen LogP contribution in [0, 0.1) is 37.5 Å². The van der Waals surface area contributed by atoms with Crippen LogP contribution in [0.4, 0.5) is 5.69 Å². The van der Waals surface area contributed by atoms with E-state index in [4.69, 9.17) is 0 Å². The summed E-state index contributed by atoms with van der Waals surface area (Å²) in [4.78, 5) is 24.9. The van der Waals surface area contributed by atoms with Crippen molar-refractivity contribution in [3.8, 4) is 0 Å². The van der Waals surface area contributed by atoms with Gasteiger partial charge in [0.15, 0.2) is 0 Å². The lowest BCUT2D eigenvalue weighted by Gasteiger charge is -2.24. The number of nitrogens with zero attached hydrogens (tertiary/aromatic N) is 2. The standard InChI is InChI=1S/C25H25N3O3/c1-14-23(26-24(29)21-17-10-11-18(12-17)22(21)25(30)31)15(2)28(27-14)13-19-8-5-7-16-6-3-4-9-20(16)19/h3-11,17-18,21-22H,12-13H2,1-2H3,(H,26,29)(H,30,31)/t17-,18-,21+,22+/m0/s1. The van der Waals surface area contributed by atoms with E-state index in [0.29, 0.717) is 12.2 Å². The van der Waals surface area contributed by atoms with Gasteiger partial charge in [0.1, 0.15) is 0 Å². The first kappa shape index (κ1) is 19.5. The predicted molar refractivity (Wildman–Crippen MR) is 119 cm³/mol. The zero-order valence-electron chi connectivity index (χ0n) is 17.6. The van der Waals surface area contributed by atoms with Crippen LogP contribution in [0.15, 0.2) is 54.6 Å². The molecule has 1 saturated carbocycles. The molecular weight excluding hydrogens is 390 g/mol. The second kappa shape index (κ2) is 7.38. The van der Waals surface area contributed by atoms with Gasteiger partial charge in [-0.25, -0.2) is 0 Å². The average molecular weight is 415 g/mol. The normalized spacial score (nSPS) is 24.1. The molecule has 2 aliphatic carbocycles. The summed E-state index contributed by atoms with van der Waals surface area (Å²) >= 11 is 0. The van der Waals surface area contributed by atoms with Crippen molar-refractivity contribution >= 4 is 28.3 Å². The largest absolute Gasteiger partial charge is 0.481 e. The van der Waals surface area contributed by atoms with E-state index in [0.717, 1.165) is 23.4 Å². The third kappa shape index (κ3) is 3.23. The number of carboxylic acids is 1. The van der Waals surface area contributed by atoms with E-state index in [-0.39, 0.29) is 17.7 Å². The van der Waals surface area contributed by atoms with Crippen LogP contribution in [0.3, 0.4) is 0 Å². The molecule has 2 bridgehead atoms. The van der Waals surface area contributed by atoms with Crippen LogP contribution in [0.1, 0.15) is 23.4 Å². The van der Waals surface area contributed by atoms with Gasteiger partial charge in [-0.05, 0) is 48.4 Å². The molecule has 1 aromatic heterocycles. The van der Waals surface area contributed by atoms with Gasteiger partial charge in [-0.15, -0.1) is 0 Å². The molecule has 0 aliphatic heterocycles. The van der Waals surface area contributed by atoms with Crippen LogP contribution in [0.2, 0.25) is 0 Å². The third-order valence-electron chi connectivity index (χ3n) is 6.88. The molecule has 1 heterocycles. The van der Waals surface area contributed by atoms with Gasteiger partial charge in [-0.2, -0.15) is 5.10 Å². The highest BCUT2D eigenvalue weighted by atomic mass is 16.4. The fourth-order valence-corrected chi connectivity index (χ4v) is 5.35. The first-order valence-electron chi connectivity index (χ1n) is 10.7. The van der Waals surface area contributed by atoms with Crippen molar-refractivity contribution in [1.82, 2.24) is 9.78 Å². The molecule has 0 unspecified atom stereocenters. The van der Waals surface area contributed by atoms with Crippen molar-refractivity contribution in [2.75, 3.05) is 5.32 Å². The lowest BCUT2D eigenvalue weighted by molar-refractivity contribution is -0.146. The van der Waals surface area contributed by atoms with Gasteiger partial charge < -0.3 is 10.4 Å². The number of aromatic nitrogens is 2. The molecule has 6 heteroatoms. The average Bonchev–Trinajstić information content (AvgIpc) is 3.44. The van der Waals surface area contributed by atoms with Crippen LogP contribution >= 0.6 is 0 Å².